The van der Waals surface area contributed by atoms with Gasteiger partial charge in [-0.05, 0) is 64.4 Å². The molecule has 6 rings (SSSR count). The molecule has 0 aliphatic heterocycles. The van der Waals surface area contributed by atoms with Crippen molar-refractivity contribution in [1.82, 2.24) is 9.55 Å². The van der Waals surface area contributed by atoms with Gasteiger partial charge in [0, 0.05) is 10.7 Å². The summed E-state index contributed by atoms with van der Waals surface area (Å²) in [6.07, 6.45) is 8.55. The van der Waals surface area contributed by atoms with Crippen molar-refractivity contribution in [2.75, 3.05) is 0 Å². The minimum Gasteiger partial charge on any atom is -0.318 e. The summed E-state index contributed by atoms with van der Waals surface area (Å²) in [4.78, 5) is 4.89. The number of hydrogen-bond acceptors (Lipinski definition) is 1. The monoisotopic (exact) mass is 516 g/mol. The van der Waals surface area contributed by atoms with Gasteiger partial charge >= 0.3 is 0 Å². The van der Waals surface area contributed by atoms with Crippen LogP contribution in [0.5, 0.6) is 0 Å². The molecule has 0 bridgehead atoms. The Morgan fingerprint density at radius 3 is 1.86 bits per heavy atom. The molecular formula is C32H25BrN2. The second-order valence-corrected chi connectivity index (χ2v) is 9.90. The van der Waals surface area contributed by atoms with Crippen LogP contribution in [0.3, 0.4) is 0 Å². The van der Waals surface area contributed by atoms with Crippen LogP contribution in [0.1, 0.15) is 39.9 Å². The van der Waals surface area contributed by atoms with Crippen LogP contribution in [-0.4, -0.2) is 9.55 Å². The molecule has 1 aromatic heterocycles. The third-order valence-corrected chi connectivity index (χ3v) is 7.46. The summed E-state index contributed by atoms with van der Waals surface area (Å²) in [6.45, 7) is 0. The number of halogens is 1. The molecule has 35 heavy (non-hydrogen) atoms. The van der Waals surface area contributed by atoms with Crippen LogP contribution in [0.25, 0.3) is 11.6 Å². The predicted molar refractivity (Wildman–Crippen MR) is 147 cm³/mol. The van der Waals surface area contributed by atoms with Gasteiger partial charge in [0.25, 0.3) is 0 Å². The third-order valence-electron chi connectivity index (χ3n) is 6.97. The molecule has 0 fully saturated rings. The standard InChI is InChI=1S/C32H25BrN2/c33-29-19-18-24-16-17-25(31(24)21-29)20-30-22-35(23-34-30)32(26-10-4-1-5-11-26,27-12-6-2-7-13-27)28-14-8-3-9-15-28/h1-15,18-23H,16-17H2/b25-20-. The third kappa shape index (κ3) is 3.86. The van der Waals surface area contributed by atoms with Crippen LogP contribution in [0, 0.1) is 0 Å². The summed E-state index contributed by atoms with van der Waals surface area (Å²) < 4.78 is 3.39. The van der Waals surface area contributed by atoms with E-state index in [-0.39, 0.29) is 0 Å². The molecule has 0 saturated carbocycles. The maximum atomic E-state index is 4.89. The molecule has 1 heterocycles. The van der Waals surface area contributed by atoms with E-state index in [0.29, 0.717) is 0 Å². The Morgan fingerprint density at radius 1 is 0.714 bits per heavy atom. The van der Waals surface area contributed by atoms with Gasteiger partial charge in [-0.15, -0.1) is 0 Å². The van der Waals surface area contributed by atoms with E-state index in [1.165, 1.54) is 33.4 Å². The molecule has 0 N–H and O–H groups in total. The smallest absolute Gasteiger partial charge is 0.121 e. The number of imidazole rings is 1. The number of benzene rings is 4. The van der Waals surface area contributed by atoms with E-state index in [0.717, 1.165) is 23.0 Å². The highest BCUT2D eigenvalue weighted by atomic mass is 79.9. The van der Waals surface area contributed by atoms with Crippen molar-refractivity contribution in [2.45, 2.75) is 18.4 Å². The Balaban J connectivity index is 1.55. The number of nitrogens with zero attached hydrogens (tertiary/aromatic N) is 2. The fraction of sp³-hybridized carbons (Fsp3) is 0.0938. The average Bonchev–Trinajstić information content (AvgIpc) is 3.54. The Hall–Kier alpha value is -3.69. The van der Waals surface area contributed by atoms with Crippen LogP contribution >= 0.6 is 15.9 Å². The molecule has 0 amide bonds. The van der Waals surface area contributed by atoms with E-state index in [1.54, 1.807) is 0 Å². The van der Waals surface area contributed by atoms with Crippen molar-refractivity contribution >= 4 is 27.6 Å². The predicted octanol–water partition coefficient (Wildman–Crippen LogP) is 7.97. The molecule has 0 atom stereocenters. The first-order valence-corrected chi connectivity index (χ1v) is 12.7. The summed E-state index contributed by atoms with van der Waals surface area (Å²) in [5.41, 5.74) is 8.11. The van der Waals surface area contributed by atoms with Crippen molar-refractivity contribution in [3.8, 4) is 0 Å². The van der Waals surface area contributed by atoms with Gasteiger partial charge in [0.05, 0.1) is 12.0 Å². The van der Waals surface area contributed by atoms with E-state index in [9.17, 15) is 0 Å². The van der Waals surface area contributed by atoms with E-state index in [1.807, 2.05) is 6.33 Å². The molecule has 2 nitrogen and oxygen atoms in total. The van der Waals surface area contributed by atoms with Gasteiger partial charge < -0.3 is 4.57 Å². The van der Waals surface area contributed by atoms with E-state index < -0.39 is 5.54 Å². The Kier molecular flexibility index (Phi) is 5.71. The van der Waals surface area contributed by atoms with Crippen molar-refractivity contribution in [3.63, 3.8) is 0 Å². The van der Waals surface area contributed by atoms with E-state index in [4.69, 9.17) is 4.98 Å². The van der Waals surface area contributed by atoms with Crippen LogP contribution in [0.2, 0.25) is 0 Å². The van der Waals surface area contributed by atoms with Crippen LogP contribution < -0.4 is 0 Å². The number of aryl methyl sites for hydroxylation is 1. The summed E-state index contributed by atoms with van der Waals surface area (Å²) in [6, 6.07) is 38.8. The molecule has 1 aliphatic carbocycles. The summed E-state index contributed by atoms with van der Waals surface area (Å²) in [7, 11) is 0. The lowest BCUT2D eigenvalue weighted by Gasteiger charge is -2.37. The topological polar surface area (TPSA) is 17.8 Å². The molecule has 5 aromatic rings. The van der Waals surface area contributed by atoms with Gasteiger partial charge in [-0.3, -0.25) is 0 Å². The molecule has 170 valence electrons. The van der Waals surface area contributed by atoms with Crippen LogP contribution in [-0.2, 0) is 12.0 Å². The Morgan fingerprint density at radius 2 is 1.29 bits per heavy atom. The lowest BCUT2D eigenvalue weighted by atomic mass is 9.77. The van der Waals surface area contributed by atoms with Crippen molar-refractivity contribution in [3.05, 3.63) is 160 Å². The number of aromatic nitrogens is 2. The first kappa shape index (κ1) is 21.8. The zero-order chi connectivity index (χ0) is 23.7. The lowest BCUT2D eigenvalue weighted by Crippen LogP contribution is -2.36. The van der Waals surface area contributed by atoms with Gasteiger partial charge in [0.1, 0.15) is 5.54 Å². The molecule has 0 spiro atoms. The number of hydrogen-bond donors (Lipinski definition) is 0. The molecule has 0 radical (unpaired) electrons. The minimum atomic E-state index is -0.538. The highest BCUT2D eigenvalue weighted by Gasteiger charge is 2.38. The fourth-order valence-corrected chi connectivity index (χ4v) is 5.74. The van der Waals surface area contributed by atoms with E-state index in [2.05, 4.69) is 142 Å². The lowest BCUT2D eigenvalue weighted by molar-refractivity contribution is 0.514. The summed E-state index contributed by atoms with van der Waals surface area (Å²) >= 11 is 3.64. The number of allylic oxidation sites excluding steroid dienone is 1. The summed E-state index contributed by atoms with van der Waals surface area (Å²) in [5, 5.41) is 0. The largest absolute Gasteiger partial charge is 0.318 e. The SMILES string of the molecule is Brc1ccc2c(c1)/C(=C\c1cn(C(c3ccccc3)(c3ccccc3)c3ccccc3)cn1)CC2. The molecule has 3 heteroatoms. The Labute approximate surface area is 214 Å². The van der Waals surface area contributed by atoms with Gasteiger partial charge in [-0.2, -0.15) is 0 Å². The zero-order valence-corrected chi connectivity index (χ0v) is 20.9. The maximum Gasteiger partial charge on any atom is 0.121 e. The van der Waals surface area contributed by atoms with Crippen LogP contribution in [0.15, 0.2) is 126 Å². The van der Waals surface area contributed by atoms with Crippen LogP contribution in [0.4, 0.5) is 0 Å². The first-order chi connectivity index (χ1) is 17.2. The van der Waals surface area contributed by atoms with E-state index >= 15 is 0 Å². The Bertz CT molecular complexity index is 1390. The molecule has 4 aromatic carbocycles. The van der Waals surface area contributed by atoms with Gasteiger partial charge in [-0.1, -0.05) is 113 Å². The number of fused-ring (bicyclic) bond motifs is 1. The molecular weight excluding hydrogens is 492 g/mol. The second-order valence-electron chi connectivity index (χ2n) is 8.99. The normalized spacial score (nSPS) is 14.3. The first-order valence-electron chi connectivity index (χ1n) is 12.0. The zero-order valence-electron chi connectivity index (χ0n) is 19.3. The highest BCUT2D eigenvalue weighted by molar-refractivity contribution is 9.10. The van der Waals surface area contributed by atoms with Crippen molar-refractivity contribution in [2.24, 2.45) is 0 Å². The quantitative estimate of drug-likeness (QED) is 0.216. The number of rotatable bonds is 5. The van der Waals surface area contributed by atoms with Gasteiger partial charge in [0.2, 0.25) is 0 Å². The van der Waals surface area contributed by atoms with Crippen molar-refractivity contribution in [1.29, 1.82) is 0 Å². The summed E-state index contributed by atoms with van der Waals surface area (Å²) in [5.74, 6) is 0. The van der Waals surface area contributed by atoms with Crippen molar-refractivity contribution < 1.29 is 0 Å². The average molecular weight is 517 g/mol. The molecule has 1 aliphatic rings. The van der Waals surface area contributed by atoms with Gasteiger partial charge in [-0.25, -0.2) is 4.98 Å². The van der Waals surface area contributed by atoms with Gasteiger partial charge in [0.15, 0.2) is 0 Å². The second kappa shape index (κ2) is 9.16. The minimum absolute atomic E-state index is 0.538. The highest BCUT2D eigenvalue weighted by Crippen LogP contribution is 2.41. The fourth-order valence-electron chi connectivity index (χ4n) is 5.38. The molecule has 0 saturated heterocycles. The molecule has 0 unspecified atom stereocenters. The maximum absolute atomic E-state index is 4.89.